The summed E-state index contributed by atoms with van der Waals surface area (Å²) in [6, 6.07) is 10.3. The summed E-state index contributed by atoms with van der Waals surface area (Å²) in [5, 5.41) is 13.0. The Kier molecular flexibility index (Phi) is 4.88. The SMILES string of the molecule is CC(C)/C=N/n1c(-c2ccccc2)cc(C(F)(F)F)c(C#N)c1=O. The number of nitrogens with zero attached hydrogens (tertiary/aromatic N) is 3. The molecule has 0 bridgehead atoms. The molecule has 0 saturated carbocycles. The zero-order chi connectivity index (χ0) is 17.9. The molecule has 0 aliphatic carbocycles. The van der Waals surface area contributed by atoms with E-state index < -0.39 is 22.9 Å². The molecule has 0 aliphatic heterocycles. The lowest BCUT2D eigenvalue weighted by Crippen LogP contribution is -2.26. The lowest BCUT2D eigenvalue weighted by atomic mass is 10.0. The zero-order valence-corrected chi connectivity index (χ0v) is 13.0. The average molecular weight is 333 g/mol. The Morgan fingerprint density at radius 1 is 1.25 bits per heavy atom. The molecule has 4 nitrogen and oxygen atoms in total. The van der Waals surface area contributed by atoms with Gasteiger partial charge in [0, 0.05) is 11.8 Å². The van der Waals surface area contributed by atoms with Gasteiger partial charge in [0.25, 0.3) is 5.56 Å². The molecule has 0 radical (unpaired) electrons. The second-order valence-corrected chi connectivity index (χ2v) is 5.42. The zero-order valence-electron chi connectivity index (χ0n) is 13.0. The maximum atomic E-state index is 13.2. The van der Waals surface area contributed by atoms with E-state index in [1.165, 1.54) is 12.3 Å². The van der Waals surface area contributed by atoms with Gasteiger partial charge in [0.15, 0.2) is 0 Å². The third-order valence-electron chi connectivity index (χ3n) is 3.15. The van der Waals surface area contributed by atoms with Crippen molar-refractivity contribution in [3.05, 3.63) is 57.9 Å². The van der Waals surface area contributed by atoms with Crippen molar-refractivity contribution in [3.63, 3.8) is 0 Å². The Hall–Kier alpha value is -2.88. The molecule has 2 rings (SSSR count). The van der Waals surface area contributed by atoms with Crippen LogP contribution in [0.5, 0.6) is 0 Å². The smallest absolute Gasteiger partial charge is 0.266 e. The fourth-order valence-electron chi connectivity index (χ4n) is 2.06. The van der Waals surface area contributed by atoms with Gasteiger partial charge in [-0.05, 0) is 12.0 Å². The predicted molar refractivity (Wildman–Crippen MR) is 84.6 cm³/mol. The summed E-state index contributed by atoms with van der Waals surface area (Å²) in [5.41, 5.74) is -2.95. The molecule has 0 aliphatic rings. The first-order valence-corrected chi connectivity index (χ1v) is 7.13. The number of nitriles is 1. The van der Waals surface area contributed by atoms with Crippen LogP contribution < -0.4 is 5.56 Å². The van der Waals surface area contributed by atoms with Crippen LogP contribution in [-0.4, -0.2) is 10.9 Å². The van der Waals surface area contributed by atoms with Gasteiger partial charge in [-0.3, -0.25) is 4.79 Å². The van der Waals surface area contributed by atoms with Gasteiger partial charge in [-0.2, -0.15) is 28.2 Å². The van der Waals surface area contributed by atoms with Crippen LogP contribution in [-0.2, 0) is 6.18 Å². The first-order chi connectivity index (χ1) is 11.3. The fourth-order valence-corrected chi connectivity index (χ4v) is 2.06. The Bertz CT molecular complexity index is 860. The highest BCUT2D eigenvalue weighted by molar-refractivity contribution is 5.64. The second kappa shape index (κ2) is 6.71. The summed E-state index contributed by atoms with van der Waals surface area (Å²) >= 11 is 0. The molecule has 0 atom stereocenters. The van der Waals surface area contributed by atoms with Gasteiger partial charge in [0.2, 0.25) is 0 Å². The Labute approximate surface area is 136 Å². The number of benzene rings is 1. The molecule has 0 N–H and O–H groups in total. The fraction of sp³-hybridized carbons (Fsp3) is 0.235. The van der Waals surface area contributed by atoms with Crippen LogP contribution in [0, 0.1) is 17.2 Å². The standard InChI is InChI=1S/C17H14F3N3O/c1-11(2)10-22-23-15(12-6-4-3-5-7-12)8-14(17(18,19)20)13(9-21)16(23)24/h3-8,10-11H,1-2H3/b22-10+. The van der Waals surface area contributed by atoms with E-state index in [1.807, 2.05) is 13.8 Å². The molecular formula is C17H14F3N3O. The third kappa shape index (κ3) is 3.54. The molecule has 7 heteroatoms. The highest BCUT2D eigenvalue weighted by Crippen LogP contribution is 2.33. The van der Waals surface area contributed by atoms with E-state index >= 15 is 0 Å². The van der Waals surface area contributed by atoms with Gasteiger partial charge >= 0.3 is 6.18 Å². The second-order valence-electron chi connectivity index (χ2n) is 5.42. The number of aromatic nitrogens is 1. The Balaban J connectivity index is 2.87. The van der Waals surface area contributed by atoms with Crippen molar-refractivity contribution in [2.75, 3.05) is 0 Å². The first-order valence-electron chi connectivity index (χ1n) is 7.13. The minimum Gasteiger partial charge on any atom is -0.266 e. The number of pyridine rings is 1. The van der Waals surface area contributed by atoms with Crippen molar-refractivity contribution >= 4 is 6.21 Å². The maximum absolute atomic E-state index is 13.2. The maximum Gasteiger partial charge on any atom is 0.417 e. The Morgan fingerprint density at radius 2 is 1.88 bits per heavy atom. The lowest BCUT2D eigenvalue weighted by molar-refractivity contribution is -0.137. The highest BCUT2D eigenvalue weighted by Gasteiger charge is 2.36. The molecule has 0 spiro atoms. The van der Waals surface area contributed by atoms with Gasteiger partial charge in [0.1, 0.15) is 11.6 Å². The largest absolute Gasteiger partial charge is 0.417 e. The molecule has 124 valence electrons. The number of alkyl halides is 3. The van der Waals surface area contributed by atoms with E-state index in [2.05, 4.69) is 5.10 Å². The van der Waals surface area contributed by atoms with E-state index in [4.69, 9.17) is 5.26 Å². The van der Waals surface area contributed by atoms with Crippen LogP contribution in [0.1, 0.15) is 25.0 Å². The predicted octanol–water partition coefficient (Wildman–Crippen LogP) is 3.90. The van der Waals surface area contributed by atoms with Crippen molar-refractivity contribution in [3.8, 4) is 17.3 Å². The van der Waals surface area contributed by atoms with Crippen LogP contribution in [0.3, 0.4) is 0 Å². The van der Waals surface area contributed by atoms with E-state index in [1.54, 1.807) is 30.3 Å². The summed E-state index contributed by atoms with van der Waals surface area (Å²) in [5.74, 6) is -0.0200. The molecule has 0 amide bonds. The van der Waals surface area contributed by atoms with Crippen molar-refractivity contribution in [2.24, 2.45) is 11.0 Å². The molecule has 1 heterocycles. The van der Waals surface area contributed by atoms with Crippen LogP contribution in [0.25, 0.3) is 11.3 Å². The topological polar surface area (TPSA) is 58.1 Å². The number of halogens is 3. The molecule has 0 fully saturated rings. The van der Waals surface area contributed by atoms with Gasteiger partial charge in [0.05, 0.1) is 11.3 Å². The minimum absolute atomic E-state index is 0.0200. The molecule has 2 aromatic rings. The normalized spacial score (nSPS) is 11.9. The average Bonchev–Trinajstić information content (AvgIpc) is 2.52. The summed E-state index contributed by atoms with van der Waals surface area (Å²) in [6.45, 7) is 3.62. The van der Waals surface area contributed by atoms with Gasteiger partial charge in [-0.25, -0.2) is 0 Å². The van der Waals surface area contributed by atoms with Crippen LogP contribution in [0.2, 0.25) is 0 Å². The monoisotopic (exact) mass is 333 g/mol. The molecule has 1 aromatic heterocycles. The lowest BCUT2D eigenvalue weighted by Gasteiger charge is -2.14. The molecule has 0 unspecified atom stereocenters. The van der Waals surface area contributed by atoms with Gasteiger partial charge in [-0.15, -0.1) is 0 Å². The van der Waals surface area contributed by atoms with Crippen LogP contribution >= 0.6 is 0 Å². The third-order valence-corrected chi connectivity index (χ3v) is 3.15. The number of rotatable bonds is 3. The summed E-state index contributed by atoms with van der Waals surface area (Å²) < 4.78 is 40.5. The van der Waals surface area contributed by atoms with Crippen molar-refractivity contribution in [1.82, 2.24) is 4.68 Å². The summed E-state index contributed by atoms with van der Waals surface area (Å²) in [6.07, 6.45) is -3.38. The van der Waals surface area contributed by atoms with Gasteiger partial charge in [-0.1, -0.05) is 44.2 Å². The van der Waals surface area contributed by atoms with Crippen LogP contribution in [0.4, 0.5) is 13.2 Å². The van der Waals surface area contributed by atoms with E-state index in [9.17, 15) is 18.0 Å². The quantitative estimate of drug-likeness (QED) is 0.800. The van der Waals surface area contributed by atoms with Crippen molar-refractivity contribution < 1.29 is 13.2 Å². The molecule has 24 heavy (non-hydrogen) atoms. The summed E-state index contributed by atoms with van der Waals surface area (Å²) in [7, 11) is 0. The number of hydrogen-bond acceptors (Lipinski definition) is 3. The highest BCUT2D eigenvalue weighted by atomic mass is 19.4. The van der Waals surface area contributed by atoms with Crippen molar-refractivity contribution in [2.45, 2.75) is 20.0 Å². The van der Waals surface area contributed by atoms with E-state index in [0.29, 0.717) is 5.56 Å². The van der Waals surface area contributed by atoms with Gasteiger partial charge < -0.3 is 0 Å². The minimum atomic E-state index is -4.81. The van der Waals surface area contributed by atoms with E-state index in [-0.39, 0.29) is 11.6 Å². The van der Waals surface area contributed by atoms with E-state index in [0.717, 1.165) is 10.7 Å². The van der Waals surface area contributed by atoms with Crippen LogP contribution in [0.15, 0.2) is 46.3 Å². The number of hydrogen-bond donors (Lipinski definition) is 0. The summed E-state index contributed by atoms with van der Waals surface area (Å²) in [4.78, 5) is 12.4. The Morgan fingerprint density at radius 3 is 2.38 bits per heavy atom. The molecular weight excluding hydrogens is 319 g/mol. The molecule has 1 aromatic carbocycles. The first kappa shape index (κ1) is 17.5. The van der Waals surface area contributed by atoms with Crippen molar-refractivity contribution in [1.29, 1.82) is 5.26 Å². The molecule has 0 saturated heterocycles.